The maximum absolute atomic E-state index is 12.9. The zero-order valence-electron chi connectivity index (χ0n) is 14.4. The Hall–Kier alpha value is -1.96. The van der Waals surface area contributed by atoms with Crippen molar-refractivity contribution in [3.63, 3.8) is 0 Å². The minimum Gasteiger partial charge on any atom is -0.495 e. The molecule has 1 unspecified atom stereocenters. The van der Waals surface area contributed by atoms with Gasteiger partial charge in [0.25, 0.3) is 0 Å². The van der Waals surface area contributed by atoms with E-state index in [9.17, 15) is 17.9 Å². The lowest BCUT2D eigenvalue weighted by Crippen LogP contribution is -2.26. The summed E-state index contributed by atoms with van der Waals surface area (Å²) in [4.78, 5) is 0.0642. The molecule has 2 aromatic rings. The van der Waals surface area contributed by atoms with Gasteiger partial charge in [0.15, 0.2) is 0 Å². The third-order valence-corrected chi connectivity index (χ3v) is 5.52. The van der Waals surface area contributed by atoms with E-state index < -0.39 is 21.9 Å². The van der Waals surface area contributed by atoms with Crippen molar-refractivity contribution in [2.45, 2.75) is 31.3 Å². The van der Waals surface area contributed by atoms with Gasteiger partial charge in [-0.3, -0.25) is 0 Å². The monoisotopic (exact) mass is 367 g/mol. The number of hydrogen-bond donors (Lipinski definition) is 2. The van der Waals surface area contributed by atoms with Crippen molar-refractivity contribution in [1.29, 1.82) is 0 Å². The second-order valence-corrected chi connectivity index (χ2v) is 7.58. The first kappa shape index (κ1) is 19.4. The summed E-state index contributed by atoms with van der Waals surface area (Å²) in [5, 5.41) is 10.1. The van der Waals surface area contributed by atoms with Crippen LogP contribution in [0, 0.1) is 19.7 Å². The zero-order valence-corrected chi connectivity index (χ0v) is 15.2. The van der Waals surface area contributed by atoms with Gasteiger partial charge in [-0.05, 0) is 61.2 Å². The van der Waals surface area contributed by atoms with Crippen LogP contribution in [-0.4, -0.2) is 27.2 Å². The molecule has 0 fully saturated rings. The summed E-state index contributed by atoms with van der Waals surface area (Å²) in [5.74, 6) is -0.117. The van der Waals surface area contributed by atoms with Gasteiger partial charge >= 0.3 is 0 Å². The molecule has 0 aliphatic rings. The van der Waals surface area contributed by atoms with Crippen LogP contribution in [0.1, 0.15) is 29.2 Å². The predicted octanol–water partition coefficient (Wildman–Crippen LogP) is 2.85. The SMILES string of the molecule is COc1cc(C)c(C)cc1S(=O)(=O)NCCC(O)c1ccc(F)cc1. The summed E-state index contributed by atoms with van der Waals surface area (Å²) in [6.07, 6.45) is -0.720. The number of benzene rings is 2. The molecule has 2 rings (SSSR count). The van der Waals surface area contributed by atoms with E-state index in [1.807, 2.05) is 13.8 Å². The Balaban J connectivity index is 2.07. The van der Waals surface area contributed by atoms with E-state index in [1.54, 1.807) is 12.1 Å². The molecular formula is C18H22FNO4S. The largest absolute Gasteiger partial charge is 0.495 e. The van der Waals surface area contributed by atoms with Crippen molar-refractivity contribution < 1.29 is 22.7 Å². The summed E-state index contributed by atoms with van der Waals surface area (Å²) in [6.45, 7) is 3.74. The van der Waals surface area contributed by atoms with Crippen LogP contribution < -0.4 is 9.46 Å². The van der Waals surface area contributed by atoms with E-state index >= 15 is 0 Å². The quantitative estimate of drug-likeness (QED) is 0.789. The number of halogens is 1. The van der Waals surface area contributed by atoms with E-state index in [-0.39, 0.29) is 23.6 Å². The van der Waals surface area contributed by atoms with E-state index in [0.29, 0.717) is 5.56 Å². The van der Waals surface area contributed by atoms with Crippen LogP contribution in [0.5, 0.6) is 5.75 Å². The summed E-state index contributed by atoms with van der Waals surface area (Å²) in [6, 6.07) is 8.69. The summed E-state index contributed by atoms with van der Waals surface area (Å²) in [5.41, 5.74) is 2.31. The van der Waals surface area contributed by atoms with Gasteiger partial charge in [0, 0.05) is 6.54 Å². The molecule has 25 heavy (non-hydrogen) atoms. The van der Waals surface area contributed by atoms with Gasteiger partial charge in [-0.15, -0.1) is 0 Å². The topological polar surface area (TPSA) is 75.6 Å². The number of methoxy groups -OCH3 is 1. The molecule has 2 N–H and O–H groups in total. The van der Waals surface area contributed by atoms with Gasteiger partial charge in [0.2, 0.25) is 10.0 Å². The summed E-state index contributed by atoms with van der Waals surface area (Å²) in [7, 11) is -2.35. The van der Waals surface area contributed by atoms with E-state index in [4.69, 9.17) is 4.74 Å². The van der Waals surface area contributed by atoms with Crippen molar-refractivity contribution >= 4 is 10.0 Å². The molecule has 0 aliphatic heterocycles. The highest BCUT2D eigenvalue weighted by Crippen LogP contribution is 2.27. The third kappa shape index (κ3) is 4.78. The normalized spacial score (nSPS) is 12.8. The molecule has 0 saturated heterocycles. The Labute approximate surface area is 147 Å². The maximum atomic E-state index is 12.9. The molecule has 1 atom stereocenters. The number of aliphatic hydroxyl groups excluding tert-OH is 1. The van der Waals surface area contributed by atoms with Crippen LogP contribution in [0.25, 0.3) is 0 Å². The molecule has 0 heterocycles. The molecule has 0 amide bonds. The minimum atomic E-state index is -3.77. The molecule has 5 nitrogen and oxygen atoms in total. The molecule has 0 aromatic heterocycles. The number of nitrogens with one attached hydrogen (secondary N) is 1. The molecule has 0 radical (unpaired) electrons. The van der Waals surface area contributed by atoms with Crippen LogP contribution in [0.3, 0.4) is 0 Å². The van der Waals surface area contributed by atoms with Crippen molar-refractivity contribution in [2.24, 2.45) is 0 Å². The standard InChI is InChI=1S/C18H22FNO4S/c1-12-10-17(24-3)18(11-13(12)2)25(22,23)20-9-8-16(21)14-4-6-15(19)7-5-14/h4-7,10-11,16,20-21H,8-9H2,1-3H3. The van der Waals surface area contributed by atoms with E-state index in [0.717, 1.165) is 11.1 Å². The van der Waals surface area contributed by atoms with Crippen molar-refractivity contribution in [1.82, 2.24) is 4.72 Å². The Morgan fingerprint density at radius 1 is 1.16 bits per heavy atom. The lowest BCUT2D eigenvalue weighted by molar-refractivity contribution is 0.169. The fourth-order valence-electron chi connectivity index (χ4n) is 2.39. The first-order valence-electron chi connectivity index (χ1n) is 7.83. The van der Waals surface area contributed by atoms with Crippen LogP contribution in [0.4, 0.5) is 4.39 Å². The first-order chi connectivity index (χ1) is 11.7. The molecule has 136 valence electrons. The first-order valence-corrected chi connectivity index (χ1v) is 9.31. The van der Waals surface area contributed by atoms with Crippen LogP contribution >= 0.6 is 0 Å². The number of rotatable bonds is 7. The number of ether oxygens (including phenoxy) is 1. The molecule has 0 aliphatic carbocycles. The van der Waals surface area contributed by atoms with Gasteiger partial charge in [0.05, 0.1) is 13.2 Å². The van der Waals surface area contributed by atoms with Crippen molar-refractivity contribution in [3.05, 3.63) is 58.9 Å². The van der Waals surface area contributed by atoms with E-state index in [1.165, 1.54) is 31.4 Å². The van der Waals surface area contributed by atoms with Gasteiger partial charge in [-0.25, -0.2) is 17.5 Å². The highest BCUT2D eigenvalue weighted by Gasteiger charge is 2.21. The van der Waals surface area contributed by atoms with Crippen molar-refractivity contribution in [3.8, 4) is 5.75 Å². The second kappa shape index (κ2) is 7.95. The Morgan fingerprint density at radius 3 is 2.36 bits per heavy atom. The Kier molecular flexibility index (Phi) is 6.16. The lowest BCUT2D eigenvalue weighted by Gasteiger charge is -2.15. The molecular weight excluding hydrogens is 345 g/mol. The van der Waals surface area contributed by atoms with Crippen LogP contribution in [-0.2, 0) is 10.0 Å². The summed E-state index contributed by atoms with van der Waals surface area (Å²) < 4.78 is 45.6. The number of hydrogen-bond acceptors (Lipinski definition) is 4. The fourth-order valence-corrected chi connectivity index (χ4v) is 3.67. The average molecular weight is 367 g/mol. The molecule has 2 aromatic carbocycles. The minimum absolute atomic E-state index is 0.0386. The van der Waals surface area contributed by atoms with Crippen LogP contribution in [0.2, 0.25) is 0 Å². The van der Waals surface area contributed by atoms with Gasteiger partial charge in [0.1, 0.15) is 16.5 Å². The highest BCUT2D eigenvalue weighted by molar-refractivity contribution is 7.89. The van der Waals surface area contributed by atoms with Gasteiger partial charge in [-0.2, -0.15) is 0 Å². The lowest BCUT2D eigenvalue weighted by atomic mass is 10.1. The van der Waals surface area contributed by atoms with E-state index in [2.05, 4.69) is 4.72 Å². The smallest absolute Gasteiger partial charge is 0.244 e. The van der Waals surface area contributed by atoms with Gasteiger partial charge in [-0.1, -0.05) is 12.1 Å². The fraction of sp³-hybridized carbons (Fsp3) is 0.333. The zero-order chi connectivity index (χ0) is 18.6. The number of sulfonamides is 1. The summed E-state index contributed by atoms with van der Waals surface area (Å²) >= 11 is 0. The average Bonchev–Trinajstić information content (AvgIpc) is 2.57. The van der Waals surface area contributed by atoms with Crippen molar-refractivity contribution in [2.75, 3.05) is 13.7 Å². The molecule has 7 heteroatoms. The van der Waals surface area contributed by atoms with Gasteiger partial charge < -0.3 is 9.84 Å². The Bertz CT molecular complexity index is 835. The molecule has 0 saturated carbocycles. The number of aliphatic hydroxyl groups is 1. The highest BCUT2D eigenvalue weighted by atomic mass is 32.2. The second-order valence-electron chi connectivity index (χ2n) is 5.84. The predicted molar refractivity (Wildman–Crippen MR) is 93.6 cm³/mol. The molecule has 0 bridgehead atoms. The maximum Gasteiger partial charge on any atom is 0.244 e. The Morgan fingerprint density at radius 2 is 1.76 bits per heavy atom. The molecule has 0 spiro atoms. The van der Waals surface area contributed by atoms with Crippen LogP contribution in [0.15, 0.2) is 41.3 Å². The third-order valence-electron chi connectivity index (χ3n) is 4.03. The number of aryl methyl sites for hydroxylation is 2.